The maximum absolute atomic E-state index is 13.5. The monoisotopic (exact) mass is 721 g/mol. The SMILES string of the molecule is CCOC(=O)c1c(NC(=O)CSc2cccc(NC(=O)/C(=C\c3c(Cl)cccc3Cl)NC(=O)c3ccccc3)c2)sc2c1CCCCC2. The number of aryl methyl sites for hydroxylation is 1. The lowest BCUT2D eigenvalue weighted by Gasteiger charge is -2.13. The van der Waals surface area contributed by atoms with Crippen molar-refractivity contribution in [2.45, 2.75) is 43.9 Å². The van der Waals surface area contributed by atoms with Crippen molar-refractivity contribution in [2.24, 2.45) is 0 Å². The highest BCUT2D eigenvalue weighted by atomic mass is 35.5. The van der Waals surface area contributed by atoms with Gasteiger partial charge in [0, 0.05) is 36.6 Å². The normalized spacial score (nSPS) is 12.8. The van der Waals surface area contributed by atoms with Crippen LogP contribution in [0.5, 0.6) is 0 Å². The molecule has 0 radical (unpaired) electrons. The van der Waals surface area contributed by atoms with E-state index in [4.69, 9.17) is 27.9 Å². The summed E-state index contributed by atoms with van der Waals surface area (Å²) in [6, 6.07) is 20.5. The number of amides is 3. The number of thiophene rings is 1. The molecule has 3 aromatic carbocycles. The molecule has 0 fully saturated rings. The number of thioether (sulfide) groups is 1. The van der Waals surface area contributed by atoms with Gasteiger partial charge in [-0.2, -0.15) is 0 Å². The maximum atomic E-state index is 13.5. The fourth-order valence-electron chi connectivity index (χ4n) is 5.16. The Hall–Kier alpha value is -4.09. The number of fused-ring (bicyclic) bond motifs is 1. The van der Waals surface area contributed by atoms with Crippen LogP contribution in [0.4, 0.5) is 10.7 Å². The van der Waals surface area contributed by atoms with Crippen molar-refractivity contribution in [3.05, 3.63) is 116 Å². The molecule has 0 bridgehead atoms. The third-order valence-corrected chi connectivity index (χ3v) is 10.3. The topological polar surface area (TPSA) is 114 Å². The average Bonchev–Trinajstić information content (AvgIpc) is 3.25. The zero-order valence-corrected chi connectivity index (χ0v) is 29.2. The number of nitrogens with one attached hydrogen (secondary N) is 3. The lowest BCUT2D eigenvalue weighted by Crippen LogP contribution is -2.30. The number of anilines is 2. The number of rotatable bonds is 11. The second-order valence-electron chi connectivity index (χ2n) is 10.8. The first kappa shape index (κ1) is 35.2. The molecule has 5 rings (SSSR count). The van der Waals surface area contributed by atoms with Gasteiger partial charge in [0.05, 0.1) is 17.9 Å². The minimum atomic E-state index is -0.598. The van der Waals surface area contributed by atoms with Crippen LogP contribution in [0.3, 0.4) is 0 Å². The van der Waals surface area contributed by atoms with Crippen molar-refractivity contribution in [1.29, 1.82) is 0 Å². The summed E-state index contributed by atoms with van der Waals surface area (Å²) in [5, 5.41) is 9.59. The van der Waals surface area contributed by atoms with E-state index in [9.17, 15) is 19.2 Å². The van der Waals surface area contributed by atoms with Crippen molar-refractivity contribution in [3.63, 3.8) is 0 Å². The van der Waals surface area contributed by atoms with Crippen molar-refractivity contribution in [1.82, 2.24) is 5.32 Å². The molecule has 12 heteroatoms. The zero-order chi connectivity index (χ0) is 34.0. The summed E-state index contributed by atoms with van der Waals surface area (Å²) in [7, 11) is 0. The van der Waals surface area contributed by atoms with Gasteiger partial charge in [-0.25, -0.2) is 4.79 Å². The number of hydrogen-bond donors (Lipinski definition) is 3. The number of carbonyl (C=O) groups excluding carboxylic acids is 4. The highest BCUT2D eigenvalue weighted by Crippen LogP contribution is 2.38. The second kappa shape index (κ2) is 16.8. The van der Waals surface area contributed by atoms with Crippen molar-refractivity contribution in [2.75, 3.05) is 23.0 Å². The van der Waals surface area contributed by atoms with Crippen LogP contribution in [0.25, 0.3) is 6.08 Å². The number of esters is 1. The Bertz CT molecular complexity index is 1840. The van der Waals surface area contributed by atoms with Crippen LogP contribution in [-0.4, -0.2) is 36.1 Å². The molecular weight excluding hydrogens is 689 g/mol. The molecule has 3 N–H and O–H groups in total. The third kappa shape index (κ3) is 9.08. The molecule has 1 aromatic heterocycles. The molecule has 1 heterocycles. The Morgan fingerprint density at radius 2 is 1.62 bits per heavy atom. The molecule has 3 amide bonds. The summed E-state index contributed by atoms with van der Waals surface area (Å²) < 4.78 is 5.33. The Balaban J connectivity index is 1.28. The standard InChI is InChI=1S/C36H33Cl2N3O5S2/c1-2-46-36(45)32-25-15-7-4-8-18-30(25)48-35(32)41-31(42)21-47-24-14-9-13-23(19-24)39-34(44)29(20-26-27(37)16-10-17-28(26)38)40-33(43)22-11-5-3-6-12-22/h3,5-6,9-14,16-17,19-20H,2,4,7-8,15,18,21H2,1H3,(H,39,44)(H,40,43)(H,41,42)/b29-20+. The van der Waals surface area contributed by atoms with Crippen molar-refractivity contribution >= 4 is 86.8 Å². The van der Waals surface area contributed by atoms with E-state index in [-0.39, 0.29) is 24.0 Å². The first-order valence-corrected chi connectivity index (χ1v) is 18.0. The van der Waals surface area contributed by atoms with Gasteiger partial charge in [0.15, 0.2) is 0 Å². The van der Waals surface area contributed by atoms with E-state index >= 15 is 0 Å². The number of carbonyl (C=O) groups is 4. The minimum absolute atomic E-state index is 0.0666. The molecule has 1 aliphatic rings. The Kier molecular flexibility index (Phi) is 12.4. The minimum Gasteiger partial charge on any atom is -0.462 e. The van der Waals surface area contributed by atoms with Gasteiger partial charge in [0.25, 0.3) is 11.8 Å². The van der Waals surface area contributed by atoms with E-state index in [2.05, 4.69) is 16.0 Å². The van der Waals surface area contributed by atoms with Gasteiger partial charge >= 0.3 is 5.97 Å². The van der Waals surface area contributed by atoms with E-state index in [0.29, 0.717) is 37.4 Å². The smallest absolute Gasteiger partial charge is 0.341 e. The van der Waals surface area contributed by atoms with E-state index in [1.54, 1.807) is 73.7 Å². The molecule has 4 aromatic rings. The molecule has 8 nitrogen and oxygen atoms in total. The first-order valence-electron chi connectivity index (χ1n) is 15.4. The summed E-state index contributed by atoms with van der Waals surface area (Å²) in [6.07, 6.45) is 6.26. The summed E-state index contributed by atoms with van der Waals surface area (Å²) in [6.45, 7) is 2.02. The lowest BCUT2D eigenvalue weighted by molar-refractivity contribution is -0.114. The molecule has 0 aliphatic heterocycles. The second-order valence-corrected chi connectivity index (χ2v) is 13.8. The van der Waals surface area contributed by atoms with E-state index in [1.165, 1.54) is 29.2 Å². The quantitative estimate of drug-likeness (QED) is 0.0619. The van der Waals surface area contributed by atoms with Crippen molar-refractivity contribution in [3.8, 4) is 0 Å². The molecule has 0 saturated heterocycles. The Labute approximate surface area is 297 Å². The fraction of sp³-hybridized carbons (Fsp3) is 0.222. The highest BCUT2D eigenvalue weighted by Gasteiger charge is 2.26. The van der Waals surface area contributed by atoms with Gasteiger partial charge in [0.2, 0.25) is 5.91 Å². The van der Waals surface area contributed by atoms with Crippen LogP contribution in [0, 0.1) is 0 Å². The summed E-state index contributed by atoms with van der Waals surface area (Å²) in [5.74, 6) is -1.68. The van der Waals surface area contributed by atoms with E-state index in [0.717, 1.165) is 47.4 Å². The zero-order valence-electron chi connectivity index (χ0n) is 26.1. The Morgan fingerprint density at radius 3 is 2.38 bits per heavy atom. The van der Waals surface area contributed by atoms with Crippen LogP contribution >= 0.6 is 46.3 Å². The predicted octanol–water partition coefficient (Wildman–Crippen LogP) is 8.64. The van der Waals surface area contributed by atoms with Crippen LogP contribution in [-0.2, 0) is 27.2 Å². The molecule has 0 saturated carbocycles. The van der Waals surface area contributed by atoms with E-state index < -0.39 is 17.8 Å². The molecular formula is C36H33Cl2N3O5S2. The van der Waals surface area contributed by atoms with Gasteiger partial charge in [-0.15, -0.1) is 23.1 Å². The summed E-state index contributed by atoms with van der Waals surface area (Å²) in [4.78, 5) is 54.3. The van der Waals surface area contributed by atoms with Gasteiger partial charge in [0.1, 0.15) is 10.7 Å². The molecule has 248 valence electrons. The Morgan fingerprint density at radius 1 is 0.896 bits per heavy atom. The largest absolute Gasteiger partial charge is 0.462 e. The first-order chi connectivity index (χ1) is 23.2. The third-order valence-electron chi connectivity index (χ3n) is 7.43. The van der Waals surface area contributed by atoms with Crippen LogP contribution in [0.15, 0.2) is 83.4 Å². The fourth-order valence-corrected chi connectivity index (χ4v) is 7.71. The number of halogens is 2. The summed E-state index contributed by atoms with van der Waals surface area (Å²) in [5.41, 5.74) is 2.59. The predicted molar refractivity (Wildman–Crippen MR) is 194 cm³/mol. The highest BCUT2D eigenvalue weighted by molar-refractivity contribution is 8.00. The molecule has 0 unspecified atom stereocenters. The summed E-state index contributed by atoms with van der Waals surface area (Å²) >= 11 is 15.5. The van der Waals surface area contributed by atoms with E-state index in [1.807, 2.05) is 6.07 Å². The lowest BCUT2D eigenvalue weighted by atomic mass is 10.1. The molecule has 48 heavy (non-hydrogen) atoms. The number of benzene rings is 3. The average molecular weight is 723 g/mol. The van der Waals surface area contributed by atoms with Gasteiger partial charge in [-0.1, -0.05) is 60.0 Å². The number of ether oxygens (including phenoxy) is 1. The molecule has 0 spiro atoms. The van der Waals surface area contributed by atoms with Gasteiger partial charge in [-0.05, 0) is 86.7 Å². The van der Waals surface area contributed by atoms with Crippen LogP contribution in [0.2, 0.25) is 10.0 Å². The maximum Gasteiger partial charge on any atom is 0.341 e. The molecule has 1 aliphatic carbocycles. The number of hydrogen-bond acceptors (Lipinski definition) is 7. The van der Waals surface area contributed by atoms with Crippen LogP contribution < -0.4 is 16.0 Å². The van der Waals surface area contributed by atoms with Gasteiger partial charge < -0.3 is 20.7 Å². The van der Waals surface area contributed by atoms with Crippen LogP contribution in [0.1, 0.15) is 62.9 Å². The van der Waals surface area contributed by atoms with Gasteiger partial charge in [-0.3, -0.25) is 14.4 Å². The molecule has 0 atom stereocenters. The van der Waals surface area contributed by atoms with Crippen molar-refractivity contribution < 1.29 is 23.9 Å².